The van der Waals surface area contributed by atoms with Crippen molar-refractivity contribution in [1.29, 1.82) is 0 Å². The van der Waals surface area contributed by atoms with E-state index < -0.39 is 0 Å². The summed E-state index contributed by atoms with van der Waals surface area (Å²) < 4.78 is 7.91. The smallest absolute Gasteiger partial charge is 0.227 e. The average Bonchev–Trinajstić information content (AvgIpc) is 2.85. The molecule has 1 aromatic heterocycles. The summed E-state index contributed by atoms with van der Waals surface area (Å²) >= 11 is 1.64. The Kier molecular flexibility index (Phi) is 6.11. The minimum absolute atomic E-state index is 0.548. The second-order valence-electron chi connectivity index (χ2n) is 8.16. The molecule has 2 aliphatic rings. The molecule has 1 saturated heterocycles. The third kappa shape index (κ3) is 4.36. The van der Waals surface area contributed by atoms with Gasteiger partial charge in [0, 0.05) is 56.2 Å². The summed E-state index contributed by atoms with van der Waals surface area (Å²) in [5.74, 6) is 1.33. The van der Waals surface area contributed by atoms with Gasteiger partial charge in [0.1, 0.15) is 5.75 Å². The van der Waals surface area contributed by atoms with Gasteiger partial charge in [0.2, 0.25) is 5.95 Å². The Labute approximate surface area is 199 Å². The normalized spacial score (nSPS) is 15.6. The number of hydrogen-bond donors (Lipinski definition) is 1. The highest BCUT2D eigenvalue weighted by atomic mass is 32.2. The Bertz CT molecular complexity index is 1160. The maximum absolute atomic E-state index is 5.70. The summed E-state index contributed by atoms with van der Waals surface area (Å²) in [6.45, 7) is 8.79. The lowest BCUT2D eigenvalue weighted by molar-refractivity contribution is 0.312. The molecule has 0 amide bonds. The molecule has 3 aromatic rings. The summed E-state index contributed by atoms with van der Waals surface area (Å²) in [6.07, 6.45) is 3.79. The lowest BCUT2D eigenvalue weighted by atomic mass is 10.1. The number of hydrogen-bond acceptors (Lipinski definition) is 8. The SMILES string of the molecule is C=CCN1Sc2cnc(Nc3ccc(N4CCN(C)CC4)cc3OC)nc2-c2ccccc21. The highest BCUT2D eigenvalue weighted by Crippen LogP contribution is 2.45. The Morgan fingerprint density at radius 1 is 1.15 bits per heavy atom. The van der Waals surface area contributed by atoms with E-state index >= 15 is 0 Å². The van der Waals surface area contributed by atoms with Crippen LogP contribution < -0.4 is 19.3 Å². The Morgan fingerprint density at radius 2 is 1.97 bits per heavy atom. The molecular weight excluding hydrogens is 432 g/mol. The molecule has 33 heavy (non-hydrogen) atoms. The molecule has 0 unspecified atom stereocenters. The molecule has 5 rings (SSSR count). The topological polar surface area (TPSA) is 56.8 Å². The molecule has 0 saturated carbocycles. The zero-order valence-electron chi connectivity index (χ0n) is 19.0. The van der Waals surface area contributed by atoms with E-state index in [0.717, 1.165) is 66.0 Å². The number of likely N-dealkylation sites (N-methyl/N-ethyl adjacent to an activating group) is 1. The molecule has 0 radical (unpaired) electrons. The van der Waals surface area contributed by atoms with E-state index in [2.05, 4.69) is 62.3 Å². The van der Waals surface area contributed by atoms with Crippen LogP contribution in [0.15, 0.2) is 66.2 Å². The van der Waals surface area contributed by atoms with E-state index in [1.165, 1.54) is 5.69 Å². The van der Waals surface area contributed by atoms with Gasteiger partial charge in [-0.25, -0.2) is 9.97 Å². The van der Waals surface area contributed by atoms with Crippen LogP contribution >= 0.6 is 11.9 Å². The van der Waals surface area contributed by atoms with Crippen LogP contribution in [0.4, 0.5) is 23.0 Å². The molecule has 0 spiro atoms. The van der Waals surface area contributed by atoms with Crippen LogP contribution in [0.1, 0.15) is 0 Å². The van der Waals surface area contributed by atoms with Gasteiger partial charge in [-0.15, -0.1) is 6.58 Å². The van der Waals surface area contributed by atoms with Gasteiger partial charge in [0.05, 0.1) is 29.1 Å². The summed E-state index contributed by atoms with van der Waals surface area (Å²) in [5.41, 5.74) is 5.18. The zero-order valence-corrected chi connectivity index (χ0v) is 19.8. The van der Waals surface area contributed by atoms with Crippen LogP contribution in [-0.4, -0.2) is 61.7 Å². The first-order valence-electron chi connectivity index (χ1n) is 11.1. The number of anilines is 4. The number of aromatic nitrogens is 2. The number of methoxy groups -OCH3 is 1. The number of nitrogens with zero attached hydrogens (tertiary/aromatic N) is 5. The highest BCUT2D eigenvalue weighted by Gasteiger charge is 2.24. The lowest BCUT2D eigenvalue weighted by Gasteiger charge is -2.34. The second kappa shape index (κ2) is 9.33. The van der Waals surface area contributed by atoms with Crippen molar-refractivity contribution in [3.63, 3.8) is 0 Å². The summed E-state index contributed by atoms with van der Waals surface area (Å²) in [4.78, 5) is 15.2. The average molecular weight is 461 g/mol. The van der Waals surface area contributed by atoms with E-state index in [1.54, 1.807) is 19.1 Å². The third-order valence-electron chi connectivity index (χ3n) is 5.99. The van der Waals surface area contributed by atoms with Crippen LogP contribution in [0, 0.1) is 0 Å². The first-order valence-corrected chi connectivity index (χ1v) is 11.8. The van der Waals surface area contributed by atoms with Crippen molar-refractivity contribution in [2.45, 2.75) is 4.90 Å². The molecule has 3 heterocycles. The molecule has 1 fully saturated rings. The molecular formula is C25H28N6OS. The van der Waals surface area contributed by atoms with Crippen molar-refractivity contribution in [3.05, 3.63) is 61.3 Å². The number of piperazine rings is 1. The first kappa shape index (κ1) is 21.6. The van der Waals surface area contributed by atoms with Gasteiger partial charge in [-0.1, -0.05) is 24.3 Å². The van der Waals surface area contributed by atoms with Crippen LogP contribution in [0.5, 0.6) is 5.75 Å². The minimum atomic E-state index is 0.548. The van der Waals surface area contributed by atoms with Gasteiger partial charge in [-0.05, 0) is 37.2 Å². The van der Waals surface area contributed by atoms with E-state index in [0.29, 0.717) is 5.95 Å². The molecule has 170 valence electrons. The van der Waals surface area contributed by atoms with Crippen molar-refractivity contribution < 1.29 is 4.74 Å². The monoisotopic (exact) mass is 460 g/mol. The number of para-hydroxylation sites is 1. The van der Waals surface area contributed by atoms with Crippen molar-refractivity contribution in [2.24, 2.45) is 0 Å². The molecule has 0 aliphatic carbocycles. The minimum Gasteiger partial charge on any atom is -0.494 e. The number of fused-ring (bicyclic) bond motifs is 3. The van der Waals surface area contributed by atoms with Crippen LogP contribution in [-0.2, 0) is 0 Å². The van der Waals surface area contributed by atoms with Gasteiger partial charge < -0.3 is 24.2 Å². The number of nitrogens with one attached hydrogen (secondary N) is 1. The van der Waals surface area contributed by atoms with E-state index in [1.807, 2.05) is 30.5 Å². The third-order valence-corrected chi connectivity index (χ3v) is 7.05. The number of rotatable bonds is 6. The predicted octanol–water partition coefficient (Wildman–Crippen LogP) is 4.66. The lowest BCUT2D eigenvalue weighted by Crippen LogP contribution is -2.44. The van der Waals surface area contributed by atoms with Gasteiger partial charge in [0.15, 0.2) is 0 Å². The summed E-state index contributed by atoms with van der Waals surface area (Å²) in [5, 5.41) is 3.36. The Morgan fingerprint density at radius 3 is 2.76 bits per heavy atom. The van der Waals surface area contributed by atoms with Crippen LogP contribution in [0.25, 0.3) is 11.3 Å². The van der Waals surface area contributed by atoms with Crippen molar-refractivity contribution >= 4 is 35.0 Å². The van der Waals surface area contributed by atoms with Crippen molar-refractivity contribution in [2.75, 3.05) is 61.4 Å². The standard InChI is InChI=1S/C25H28N6OS/c1-4-11-31-21-8-6-5-7-19(21)24-23(33-31)17-26-25(28-24)27-20-10-9-18(16-22(20)32-3)30-14-12-29(2)13-15-30/h4-10,16-17H,1,11-15H2,2-3H3,(H,26,27,28). The van der Waals surface area contributed by atoms with Gasteiger partial charge in [-0.2, -0.15) is 0 Å². The maximum atomic E-state index is 5.70. The van der Waals surface area contributed by atoms with Crippen LogP contribution in [0.3, 0.4) is 0 Å². The number of benzene rings is 2. The summed E-state index contributed by atoms with van der Waals surface area (Å²) in [7, 11) is 3.86. The van der Waals surface area contributed by atoms with E-state index in [4.69, 9.17) is 9.72 Å². The zero-order chi connectivity index (χ0) is 22.8. The summed E-state index contributed by atoms with van der Waals surface area (Å²) in [6, 6.07) is 14.6. The fourth-order valence-corrected chi connectivity index (χ4v) is 5.18. The predicted molar refractivity (Wildman–Crippen MR) is 137 cm³/mol. The Balaban J connectivity index is 1.41. The van der Waals surface area contributed by atoms with Gasteiger partial charge in [-0.3, -0.25) is 0 Å². The molecule has 8 heteroatoms. The molecule has 2 aromatic carbocycles. The fraction of sp³-hybridized carbons (Fsp3) is 0.280. The van der Waals surface area contributed by atoms with E-state index in [-0.39, 0.29) is 0 Å². The van der Waals surface area contributed by atoms with Crippen LogP contribution in [0.2, 0.25) is 0 Å². The maximum Gasteiger partial charge on any atom is 0.227 e. The largest absolute Gasteiger partial charge is 0.494 e. The second-order valence-corrected chi connectivity index (χ2v) is 9.23. The quantitative estimate of drug-likeness (QED) is 0.421. The first-order chi connectivity index (χ1) is 16.2. The van der Waals surface area contributed by atoms with Crippen molar-refractivity contribution in [3.8, 4) is 17.0 Å². The molecule has 1 N–H and O–H groups in total. The molecule has 0 bridgehead atoms. The molecule has 7 nitrogen and oxygen atoms in total. The molecule has 2 aliphatic heterocycles. The van der Waals surface area contributed by atoms with Gasteiger partial charge >= 0.3 is 0 Å². The van der Waals surface area contributed by atoms with Crippen molar-refractivity contribution in [1.82, 2.24) is 14.9 Å². The fourth-order valence-electron chi connectivity index (χ4n) is 4.17. The van der Waals surface area contributed by atoms with E-state index in [9.17, 15) is 0 Å². The number of ether oxygens (including phenoxy) is 1. The molecule has 0 atom stereocenters. The highest BCUT2D eigenvalue weighted by molar-refractivity contribution is 8.00. The van der Waals surface area contributed by atoms with Gasteiger partial charge in [0.25, 0.3) is 0 Å². The Hall–Kier alpha value is -3.23.